The summed E-state index contributed by atoms with van der Waals surface area (Å²) in [6.07, 6.45) is 3.93. The van der Waals surface area contributed by atoms with Gasteiger partial charge >= 0.3 is 0 Å². The van der Waals surface area contributed by atoms with Gasteiger partial charge in [-0.25, -0.2) is 0 Å². The Bertz CT molecular complexity index is 451. The highest BCUT2D eigenvalue weighted by Gasteiger charge is 2.31. The second-order valence-electron chi connectivity index (χ2n) is 5.80. The molecule has 2 saturated heterocycles. The first-order valence-corrected chi connectivity index (χ1v) is 7.33. The maximum absolute atomic E-state index is 9.56. The molecule has 106 valence electrons. The van der Waals surface area contributed by atoms with E-state index >= 15 is 0 Å². The van der Waals surface area contributed by atoms with Crippen molar-refractivity contribution >= 4 is 5.82 Å². The van der Waals surface area contributed by atoms with Crippen molar-refractivity contribution in [3.8, 4) is 0 Å². The van der Waals surface area contributed by atoms with E-state index in [1.165, 1.54) is 32.4 Å². The average Bonchev–Trinajstić information content (AvgIpc) is 3.07. The maximum Gasteiger partial charge on any atom is 0.132 e. The Morgan fingerprint density at radius 2 is 2.00 bits per heavy atom. The molecule has 0 spiro atoms. The van der Waals surface area contributed by atoms with Crippen LogP contribution in [0.2, 0.25) is 0 Å². The number of hydrogen-bond donors (Lipinski definition) is 1. The Labute approximate surface area is 114 Å². The molecule has 0 aliphatic carbocycles. The minimum Gasteiger partial charge on any atom is -0.391 e. The van der Waals surface area contributed by atoms with Gasteiger partial charge in [-0.2, -0.15) is 5.10 Å². The van der Waals surface area contributed by atoms with E-state index < -0.39 is 0 Å². The summed E-state index contributed by atoms with van der Waals surface area (Å²) in [5.74, 6) is 1.11. The van der Waals surface area contributed by atoms with Crippen LogP contribution in [0.25, 0.3) is 0 Å². The first kappa shape index (κ1) is 12.9. The lowest BCUT2D eigenvalue weighted by atomic mass is 10.2. The third-order valence-electron chi connectivity index (χ3n) is 4.59. The molecule has 2 aliphatic heterocycles. The quantitative estimate of drug-likeness (QED) is 0.881. The van der Waals surface area contributed by atoms with Crippen LogP contribution in [-0.2, 0) is 13.7 Å². The fourth-order valence-corrected chi connectivity index (χ4v) is 3.61. The van der Waals surface area contributed by atoms with E-state index in [1.807, 2.05) is 18.7 Å². The first-order valence-electron chi connectivity index (χ1n) is 7.33. The molecule has 3 heterocycles. The zero-order valence-electron chi connectivity index (χ0n) is 12.0. The molecule has 0 saturated carbocycles. The Morgan fingerprint density at radius 1 is 1.26 bits per heavy atom. The standard InChI is InChI=1S/C14H24N4O/c1-11-13(10-19)14(16(2)15-11)18-8-5-12(9-18)17-6-3-4-7-17/h12,19H,3-10H2,1-2H3. The monoisotopic (exact) mass is 264 g/mol. The predicted octanol–water partition coefficient (Wildman–Crippen LogP) is 0.895. The van der Waals surface area contributed by atoms with E-state index in [2.05, 4.69) is 14.9 Å². The normalized spacial score (nSPS) is 24.6. The van der Waals surface area contributed by atoms with Gasteiger partial charge in [-0.3, -0.25) is 9.58 Å². The molecule has 0 aromatic carbocycles. The van der Waals surface area contributed by atoms with Crippen LogP contribution >= 0.6 is 0 Å². The van der Waals surface area contributed by atoms with Gasteiger partial charge in [0.2, 0.25) is 0 Å². The second kappa shape index (κ2) is 5.13. The van der Waals surface area contributed by atoms with E-state index in [0.29, 0.717) is 6.04 Å². The number of likely N-dealkylation sites (tertiary alicyclic amines) is 1. The van der Waals surface area contributed by atoms with Crippen LogP contribution in [0.15, 0.2) is 0 Å². The lowest BCUT2D eigenvalue weighted by Gasteiger charge is -2.25. The van der Waals surface area contributed by atoms with Crippen LogP contribution in [0.5, 0.6) is 0 Å². The lowest BCUT2D eigenvalue weighted by molar-refractivity contribution is 0.260. The van der Waals surface area contributed by atoms with Gasteiger partial charge in [0, 0.05) is 31.7 Å². The smallest absolute Gasteiger partial charge is 0.132 e. The Balaban J connectivity index is 1.77. The number of aliphatic hydroxyl groups excluding tert-OH is 1. The molecular weight excluding hydrogens is 240 g/mol. The van der Waals surface area contributed by atoms with Gasteiger partial charge in [0.15, 0.2) is 0 Å². The largest absolute Gasteiger partial charge is 0.391 e. The molecular formula is C14H24N4O. The molecule has 1 aromatic heterocycles. The van der Waals surface area contributed by atoms with Gasteiger partial charge in [-0.05, 0) is 39.3 Å². The molecule has 1 N–H and O–H groups in total. The lowest BCUT2D eigenvalue weighted by Crippen LogP contribution is -2.35. The van der Waals surface area contributed by atoms with Crippen molar-refractivity contribution in [2.24, 2.45) is 7.05 Å². The van der Waals surface area contributed by atoms with Gasteiger partial charge in [0.25, 0.3) is 0 Å². The van der Waals surface area contributed by atoms with Gasteiger partial charge in [0.1, 0.15) is 5.82 Å². The zero-order valence-corrected chi connectivity index (χ0v) is 12.0. The van der Waals surface area contributed by atoms with E-state index in [-0.39, 0.29) is 6.61 Å². The predicted molar refractivity (Wildman–Crippen MR) is 75.3 cm³/mol. The van der Waals surface area contributed by atoms with Crippen LogP contribution < -0.4 is 4.90 Å². The SMILES string of the molecule is Cc1nn(C)c(N2CCC(N3CCCC3)C2)c1CO. The second-order valence-corrected chi connectivity index (χ2v) is 5.80. The van der Waals surface area contributed by atoms with Gasteiger partial charge in [-0.15, -0.1) is 0 Å². The number of aromatic nitrogens is 2. The number of aliphatic hydroxyl groups is 1. The van der Waals surface area contributed by atoms with Crippen molar-refractivity contribution in [2.75, 3.05) is 31.1 Å². The molecule has 1 aromatic rings. The maximum atomic E-state index is 9.56. The minimum atomic E-state index is 0.0832. The Hall–Kier alpha value is -1.07. The zero-order chi connectivity index (χ0) is 13.4. The number of anilines is 1. The molecule has 0 amide bonds. The highest BCUT2D eigenvalue weighted by atomic mass is 16.3. The van der Waals surface area contributed by atoms with Crippen LogP contribution in [-0.4, -0.2) is 52.0 Å². The van der Waals surface area contributed by atoms with Gasteiger partial charge in [-0.1, -0.05) is 0 Å². The summed E-state index contributed by atoms with van der Waals surface area (Å²) in [7, 11) is 1.98. The van der Waals surface area contributed by atoms with Crippen LogP contribution in [0.4, 0.5) is 5.82 Å². The summed E-state index contributed by atoms with van der Waals surface area (Å²) >= 11 is 0. The summed E-state index contributed by atoms with van der Waals surface area (Å²) in [4.78, 5) is 5.02. The highest BCUT2D eigenvalue weighted by Crippen LogP contribution is 2.29. The van der Waals surface area contributed by atoms with Crippen LogP contribution in [0, 0.1) is 6.92 Å². The third-order valence-corrected chi connectivity index (χ3v) is 4.59. The van der Waals surface area contributed by atoms with E-state index in [9.17, 15) is 5.11 Å². The first-order chi connectivity index (χ1) is 9.20. The van der Waals surface area contributed by atoms with Crippen molar-refractivity contribution < 1.29 is 5.11 Å². The molecule has 0 bridgehead atoms. The Kier molecular flexibility index (Phi) is 3.50. The Morgan fingerprint density at radius 3 is 2.68 bits per heavy atom. The van der Waals surface area contributed by atoms with E-state index in [0.717, 1.165) is 30.2 Å². The molecule has 5 heteroatoms. The molecule has 2 fully saturated rings. The summed E-state index contributed by atoms with van der Waals surface area (Å²) in [5.41, 5.74) is 1.94. The van der Waals surface area contributed by atoms with Crippen molar-refractivity contribution in [3.63, 3.8) is 0 Å². The van der Waals surface area contributed by atoms with Crippen LogP contribution in [0.3, 0.4) is 0 Å². The number of aryl methyl sites for hydroxylation is 2. The molecule has 3 rings (SSSR count). The summed E-state index contributed by atoms with van der Waals surface area (Å²) in [5, 5.41) is 14.0. The fourth-order valence-electron chi connectivity index (χ4n) is 3.61. The molecule has 1 unspecified atom stereocenters. The van der Waals surface area contributed by atoms with Crippen molar-refractivity contribution in [3.05, 3.63) is 11.3 Å². The summed E-state index contributed by atoms with van der Waals surface area (Å²) < 4.78 is 1.92. The molecule has 19 heavy (non-hydrogen) atoms. The highest BCUT2D eigenvalue weighted by molar-refractivity contribution is 5.51. The number of nitrogens with zero attached hydrogens (tertiary/aromatic N) is 4. The summed E-state index contributed by atoms with van der Waals surface area (Å²) in [6.45, 7) is 6.73. The number of hydrogen-bond acceptors (Lipinski definition) is 4. The van der Waals surface area contributed by atoms with Gasteiger partial charge < -0.3 is 10.0 Å². The molecule has 5 nitrogen and oxygen atoms in total. The van der Waals surface area contributed by atoms with E-state index in [4.69, 9.17) is 0 Å². The third kappa shape index (κ3) is 2.25. The molecule has 2 aliphatic rings. The summed E-state index contributed by atoms with van der Waals surface area (Å²) in [6, 6.07) is 0.684. The van der Waals surface area contributed by atoms with Crippen molar-refractivity contribution in [1.82, 2.24) is 14.7 Å². The van der Waals surface area contributed by atoms with Crippen LogP contribution in [0.1, 0.15) is 30.5 Å². The number of rotatable bonds is 3. The van der Waals surface area contributed by atoms with Gasteiger partial charge in [0.05, 0.1) is 12.3 Å². The van der Waals surface area contributed by atoms with Crippen molar-refractivity contribution in [2.45, 2.75) is 38.8 Å². The minimum absolute atomic E-state index is 0.0832. The van der Waals surface area contributed by atoms with E-state index in [1.54, 1.807) is 0 Å². The van der Waals surface area contributed by atoms with Crippen molar-refractivity contribution in [1.29, 1.82) is 0 Å². The fraction of sp³-hybridized carbons (Fsp3) is 0.786. The average molecular weight is 264 g/mol. The topological polar surface area (TPSA) is 44.5 Å². The molecule has 0 radical (unpaired) electrons. The molecule has 1 atom stereocenters.